The Morgan fingerprint density at radius 2 is 1.23 bits per heavy atom. The molecule has 1 aliphatic heterocycles. The molecule has 4 aromatic carbocycles. The summed E-state index contributed by atoms with van der Waals surface area (Å²) in [6, 6.07) is 38.3. The molecule has 0 saturated carbocycles. The molecular weight excluding hydrogens is 368 g/mol. The summed E-state index contributed by atoms with van der Waals surface area (Å²) in [5.41, 5.74) is 3.99. The normalized spacial score (nSPS) is 17.6. The number of fused-ring (bicyclic) bond motifs is 1. The van der Waals surface area contributed by atoms with Gasteiger partial charge < -0.3 is 5.32 Å². The van der Waals surface area contributed by atoms with E-state index in [9.17, 15) is 4.79 Å². The van der Waals surface area contributed by atoms with Gasteiger partial charge in [0, 0.05) is 28.9 Å². The zero-order chi connectivity index (χ0) is 20.4. The number of nitrogens with one attached hydrogen (secondary N) is 1. The summed E-state index contributed by atoms with van der Waals surface area (Å²) in [6.45, 7) is 0. The Kier molecular flexibility index (Phi) is 4.56. The molecule has 1 heterocycles. The van der Waals surface area contributed by atoms with E-state index in [1.54, 1.807) is 0 Å². The van der Waals surface area contributed by atoms with Crippen molar-refractivity contribution in [3.63, 3.8) is 0 Å². The van der Waals surface area contributed by atoms with E-state index in [4.69, 9.17) is 0 Å². The fraction of sp³-hybridized carbons (Fsp3) is 0.0741. The van der Waals surface area contributed by atoms with E-state index in [1.807, 2.05) is 102 Å². The quantitative estimate of drug-likeness (QED) is 0.463. The third kappa shape index (κ3) is 3.05. The summed E-state index contributed by atoms with van der Waals surface area (Å²) in [6.07, 6.45) is 0.639. The van der Waals surface area contributed by atoms with E-state index in [0.717, 1.165) is 28.1 Å². The molecule has 1 atom stereocenters. The van der Waals surface area contributed by atoms with Crippen LogP contribution in [0.2, 0.25) is 0 Å². The molecule has 0 spiro atoms. The van der Waals surface area contributed by atoms with E-state index in [1.165, 1.54) is 0 Å². The summed E-state index contributed by atoms with van der Waals surface area (Å²) in [7, 11) is 0. The van der Waals surface area contributed by atoms with E-state index in [-0.39, 0.29) is 5.91 Å². The second-order valence-corrected chi connectivity index (χ2v) is 7.54. The van der Waals surface area contributed by atoms with Crippen LogP contribution in [0.4, 0.5) is 11.4 Å². The Balaban J connectivity index is 1.75. The Hall–Kier alpha value is -3.85. The standard InChI is InChI=1S/C27H22N2O/c30-26-24-18-10-11-19-25(24)27(20-21-12-4-1-5-13-21,28-22-14-6-2-7-15-22)29(26)23-16-8-3-9-17-23/h1-19,28H,20H2/t27-/m1/s1. The van der Waals surface area contributed by atoms with Crippen molar-refractivity contribution in [3.8, 4) is 0 Å². The Labute approximate surface area is 176 Å². The van der Waals surface area contributed by atoms with Gasteiger partial charge in [-0.25, -0.2) is 0 Å². The van der Waals surface area contributed by atoms with Crippen molar-refractivity contribution in [1.82, 2.24) is 0 Å². The van der Waals surface area contributed by atoms with Gasteiger partial charge in [-0.2, -0.15) is 0 Å². The minimum atomic E-state index is -0.738. The Bertz CT molecular complexity index is 1120. The first-order chi connectivity index (χ1) is 14.8. The second kappa shape index (κ2) is 7.53. The molecule has 3 nitrogen and oxygen atoms in total. The van der Waals surface area contributed by atoms with Crippen LogP contribution in [-0.4, -0.2) is 5.91 Å². The number of rotatable bonds is 5. The van der Waals surface area contributed by atoms with Crippen molar-refractivity contribution in [1.29, 1.82) is 0 Å². The van der Waals surface area contributed by atoms with Gasteiger partial charge in [-0.3, -0.25) is 9.69 Å². The molecule has 0 bridgehead atoms. The summed E-state index contributed by atoms with van der Waals surface area (Å²) in [4.78, 5) is 15.6. The van der Waals surface area contributed by atoms with Gasteiger partial charge in [-0.1, -0.05) is 84.9 Å². The van der Waals surface area contributed by atoms with Gasteiger partial charge in [-0.15, -0.1) is 0 Å². The van der Waals surface area contributed by atoms with Crippen LogP contribution >= 0.6 is 0 Å². The highest BCUT2D eigenvalue weighted by atomic mass is 16.2. The van der Waals surface area contributed by atoms with Crippen LogP contribution in [0.25, 0.3) is 0 Å². The van der Waals surface area contributed by atoms with E-state index in [0.29, 0.717) is 6.42 Å². The van der Waals surface area contributed by atoms with Gasteiger partial charge in [0.1, 0.15) is 5.66 Å². The third-order valence-corrected chi connectivity index (χ3v) is 5.63. The van der Waals surface area contributed by atoms with Gasteiger partial charge in [0.2, 0.25) is 0 Å². The third-order valence-electron chi connectivity index (χ3n) is 5.63. The van der Waals surface area contributed by atoms with Gasteiger partial charge in [0.25, 0.3) is 5.91 Å². The lowest BCUT2D eigenvalue weighted by Crippen LogP contribution is -2.51. The first-order valence-corrected chi connectivity index (χ1v) is 10.1. The first-order valence-electron chi connectivity index (χ1n) is 10.1. The number of carbonyl (C=O) groups excluding carboxylic acids is 1. The number of amides is 1. The highest BCUT2D eigenvalue weighted by Crippen LogP contribution is 2.44. The Morgan fingerprint density at radius 3 is 1.93 bits per heavy atom. The van der Waals surface area contributed by atoms with Crippen LogP contribution < -0.4 is 10.2 Å². The molecule has 0 aliphatic carbocycles. The second-order valence-electron chi connectivity index (χ2n) is 7.54. The fourth-order valence-corrected chi connectivity index (χ4v) is 4.35. The summed E-state index contributed by atoms with van der Waals surface area (Å²) >= 11 is 0. The largest absolute Gasteiger partial charge is 0.358 e. The van der Waals surface area contributed by atoms with Crippen molar-refractivity contribution in [2.45, 2.75) is 12.1 Å². The lowest BCUT2D eigenvalue weighted by molar-refractivity contribution is 0.0980. The fourth-order valence-electron chi connectivity index (χ4n) is 4.35. The Morgan fingerprint density at radius 1 is 0.667 bits per heavy atom. The number of nitrogens with zero attached hydrogens (tertiary/aromatic N) is 1. The molecule has 3 heteroatoms. The zero-order valence-corrected chi connectivity index (χ0v) is 16.5. The molecule has 1 aliphatic rings. The molecule has 0 fully saturated rings. The average molecular weight is 390 g/mol. The maximum Gasteiger partial charge on any atom is 0.260 e. The molecule has 1 N–H and O–H groups in total. The van der Waals surface area contributed by atoms with Gasteiger partial charge in [0.15, 0.2) is 0 Å². The number of para-hydroxylation sites is 2. The number of anilines is 2. The highest BCUT2D eigenvalue weighted by molar-refractivity contribution is 6.12. The molecular formula is C27H22N2O. The topological polar surface area (TPSA) is 32.3 Å². The van der Waals surface area contributed by atoms with Crippen molar-refractivity contribution in [2.24, 2.45) is 0 Å². The van der Waals surface area contributed by atoms with Crippen molar-refractivity contribution in [2.75, 3.05) is 10.2 Å². The molecule has 4 aromatic rings. The molecule has 0 aromatic heterocycles. The van der Waals surface area contributed by atoms with E-state index >= 15 is 0 Å². The summed E-state index contributed by atoms with van der Waals surface area (Å²) in [5, 5.41) is 3.74. The van der Waals surface area contributed by atoms with Gasteiger partial charge in [-0.05, 0) is 35.9 Å². The van der Waals surface area contributed by atoms with E-state index in [2.05, 4.69) is 23.5 Å². The highest BCUT2D eigenvalue weighted by Gasteiger charge is 2.50. The van der Waals surface area contributed by atoms with Crippen LogP contribution in [0.1, 0.15) is 21.5 Å². The molecule has 0 unspecified atom stereocenters. The molecule has 146 valence electrons. The molecule has 5 rings (SSSR count). The minimum absolute atomic E-state index is 0.0103. The van der Waals surface area contributed by atoms with Crippen LogP contribution in [-0.2, 0) is 12.1 Å². The number of hydrogen-bond donors (Lipinski definition) is 1. The van der Waals surface area contributed by atoms with Crippen molar-refractivity contribution < 1.29 is 4.79 Å². The monoisotopic (exact) mass is 390 g/mol. The summed E-state index contributed by atoms with van der Waals surface area (Å²) in [5.74, 6) is 0.0103. The number of benzene rings is 4. The maximum absolute atomic E-state index is 13.7. The first kappa shape index (κ1) is 18.2. The van der Waals surface area contributed by atoms with Crippen LogP contribution in [0.5, 0.6) is 0 Å². The summed E-state index contributed by atoms with van der Waals surface area (Å²) < 4.78 is 0. The lowest BCUT2D eigenvalue weighted by Gasteiger charge is -2.41. The maximum atomic E-state index is 13.7. The number of hydrogen-bond acceptors (Lipinski definition) is 2. The molecule has 0 radical (unpaired) electrons. The zero-order valence-electron chi connectivity index (χ0n) is 16.5. The van der Waals surface area contributed by atoms with Crippen LogP contribution in [0.15, 0.2) is 115 Å². The smallest absolute Gasteiger partial charge is 0.260 e. The van der Waals surface area contributed by atoms with Crippen molar-refractivity contribution in [3.05, 3.63) is 132 Å². The molecule has 0 saturated heterocycles. The predicted octanol–water partition coefficient (Wildman–Crippen LogP) is 5.85. The van der Waals surface area contributed by atoms with Crippen LogP contribution in [0, 0.1) is 0 Å². The average Bonchev–Trinajstić information content (AvgIpc) is 3.04. The van der Waals surface area contributed by atoms with Gasteiger partial charge >= 0.3 is 0 Å². The molecule has 1 amide bonds. The minimum Gasteiger partial charge on any atom is -0.358 e. The van der Waals surface area contributed by atoms with Crippen molar-refractivity contribution >= 4 is 17.3 Å². The lowest BCUT2D eigenvalue weighted by atomic mass is 9.90. The molecule has 30 heavy (non-hydrogen) atoms. The van der Waals surface area contributed by atoms with E-state index < -0.39 is 5.66 Å². The number of carbonyl (C=O) groups is 1. The SMILES string of the molecule is O=C1c2ccccc2[C@](Cc2ccccc2)(Nc2ccccc2)N1c1ccccc1. The van der Waals surface area contributed by atoms with Crippen LogP contribution in [0.3, 0.4) is 0 Å². The van der Waals surface area contributed by atoms with Gasteiger partial charge in [0.05, 0.1) is 0 Å². The predicted molar refractivity (Wildman–Crippen MR) is 122 cm³/mol.